The molecule has 1 aromatic heterocycles. The first-order valence-corrected chi connectivity index (χ1v) is 10.0. The summed E-state index contributed by atoms with van der Waals surface area (Å²) < 4.78 is 13.9. The summed E-state index contributed by atoms with van der Waals surface area (Å²) in [5.74, 6) is 0.740. The summed E-state index contributed by atoms with van der Waals surface area (Å²) in [7, 11) is 0. The van der Waals surface area contributed by atoms with Crippen LogP contribution in [0.1, 0.15) is 30.2 Å². The van der Waals surface area contributed by atoms with Crippen molar-refractivity contribution in [3.05, 3.63) is 53.1 Å². The average Bonchev–Trinajstić information content (AvgIpc) is 2.70. The monoisotopic (exact) mass is 441 g/mol. The smallest absolute Gasteiger partial charge is 0.225 e. The van der Waals surface area contributed by atoms with Crippen molar-refractivity contribution in [1.29, 1.82) is 0 Å². The Kier molecular flexibility index (Phi) is 9.08. The number of hydrogen-bond donors (Lipinski definition) is 0. The van der Waals surface area contributed by atoms with Gasteiger partial charge in [0.2, 0.25) is 5.95 Å². The van der Waals surface area contributed by atoms with Crippen LogP contribution in [0.5, 0.6) is 0 Å². The lowest BCUT2D eigenvalue weighted by atomic mass is 10.1. The molecule has 8 heteroatoms. The second-order valence-corrected chi connectivity index (χ2v) is 7.52. The first-order chi connectivity index (χ1) is 13.2. The lowest BCUT2D eigenvalue weighted by molar-refractivity contribution is 0.239. The predicted molar refractivity (Wildman–Crippen MR) is 120 cm³/mol. The van der Waals surface area contributed by atoms with Crippen LogP contribution < -0.4 is 4.90 Å². The summed E-state index contributed by atoms with van der Waals surface area (Å²) in [4.78, 5) is 16.6. The van der Waals surface area contributed by atoms with Crippen LogP contribution in [0, 0.1) is 5.82 Å². The van der Waals surface area contributed by atoms with Gasteiger partial charge >= 0.3 is 0 Å². The fourth-order valence-electron chi connectivity index (χ4n) is 4.01. The summed E-state index contributed by atoms with van der Waals surface area (Å²) in [6.45, 7) is 9.90. The van der Waals surface area contributed by atoms with Gasteiger partial charge in [0.1, 0.15) is 5.82 Å². The van der Waals surface area contributed by atoms with Gasteiger partial charge in [-0.15, -0.1) is 24.8 Å². The van der Waals surface area contributed by atoms with Gasteiger partial charge in [-0.25, -0.2) is 14.4 Å². The maximum Gasteiger partial charge on any atom is 0.225 e. The van der Waals surface area contributed by atoms with E-state index in [2.05, 4.69) is 26.6 Å². The highest BCUT2D eigenvalue weighted by molar-refractivity contribution is 5.85. The van der Waals surface area contributed by atoms with Crippen LogP contribution in [-0.2, 0) is 19.5 Å². The Morgan fingerprint density at radius 1 is 1.00 bits per heavy atom. The lowest BCUT2D eigenvalue weighted by Crippen LogP contribution is -2.47. The van der Waals surface area contributed by atoms with Crippen LogP contribution in [0.15, 0.2) is 30.5 Å². The van der Waals surface area contributed by atoms with Crippen molar-refractivity contribution in [3.8, 4) is 0 Å². The predicted octanol–water partition coefficient (Wildman–Crippen LogP) is 3.55. The lowest BCUT2D eigenvalue weighted by Gasteiger charge is -2.35. The molecule has 2 aromatic rings. The van der Waals surface area contributed by atoms with E-state index in [0.717, 1.165) is 62.9 Å². The fraction of sp³-hybridized carbons (Fsp3) is 0.524. The molecule has 1 fully saturated rings. The van der Waals surface area contributed by atoms with Crippen LogP contribution in [0.4, 0.5) is 10.3 Å². The van der Waals surface area contributed by atoms with Gasteiger partial charge in [0.05, 0.1) is 5.69 Å². The number of benzene rings is 1. The molecule has 0 spiro atoms. The van der Waals surface area contributed by atoms with Gasteiger partial charge in [-0.3, -0.25) is 9.80 Å². The van der Waals surface area contributed by atoms with Gasteiger partial charge in [0.15, 0.2) is 0 Å². The zero-order chi connectivity index (χ0) is 18.6. The minimum absolute atomic E-state index is 0. The number of hydrogen-bond acceptors (Lipinski definition) is 5. The van der Waals surface area contributed by atoms with Crippen molar-refractivity contribution in [2.45, 2.75) is 32.9 Å². The summed E-state index contributed by atoms with van der Waals surface area (Å²) in [6.07, 6.45) is 4.08. The van der Waals surface area contributed by atoms with Crippen molar-refractivity contribution in [2.75, 3.05) is 44.2 Å². The van der Waals surface area contributed by atoms with Crippen molar-refractivity contribution in [2.24, 2.45) is 0 Å². The molecule has 0 radical (unpaired) electrons. The van der Waals surface area contributed by atoms with E-state index in [-0.39, 0.29) is 30.6 Å². The molecule has 0 bridgehead atoms. The Labute approximate surface area is 185 Å². The molecule has 0 amide bonds. The van der Waals surface area contributed by atoms with Crippen molar-refractivity contribution < 1.29 is 4.39 Å². The standard InChI is InChI=1S/C21H28FN5.2ClH/c1-2-8-25-10-12-27(13-11-25)21-23-14-18-16-26(9-7-20(18)24-21)15-17-5-3-4-6-19(17)22;;/h3-6,14H,2,7-13,15-16H2,1H3;2*1H. The van der Waals surface area contributed by atoms with Gasteiger partial charge < -0.3 is 4.90 Å². The Bertz CT molecular complexity index is 783. The Balaban J connectivity index is 0.00000150. The zero-order valence-electron chi connectivity index (χ0n) is 16.9. The minimum atomic E-state index is -0.128. The van der Waals surface area contributed by atoms with E-state index in [1.54, 1.807) is 6.07 Å². The van der Waals surface area contributed by atoms with Crippen molar-refractivity contribution in [3.63, 3.8) is 0 Å². The van der Waals surface area contributed by atoms with Crippen molar-refractivity contribution in [1.82, 2.24) is 19.8 Å². The molecule has 2 aliphatic heterocycles. The largest absolute Gasteiger partial charge is 0.338 e. The fourth-order valence-corrected chi connectivity index (χ4v) is 4.01. The van der Waals surface area contributed by atoms with Crippen molar-refractivity contribution >= 4 is 30.8 Å². The third-order valence-electron chi connectivity index (χ3n) is 5.55. The molecule has 0 aliphatic carbocycles. The number of anilines is 1. The molecule has 0 saturated carbocycles. The van der Waals surface area contributed by atoms with E-state index in [0.29, 0.717) is 6.54 Å². The zero-order valence-corrected chi connectivity index (χ0v) is 18.5. The molecule has 1 saturated heterocycles. The number of fused-ring (bicyclic) bond motifs is 1. The van der Waals surface area contributed by atoms with Crippen LogP contribution in [-0.4, -0.2) is 59.0 Å². The summed E-state index contributed by atoms with van der Waals surface area (Å²) in [6, 6.07) is 7.03. The molecule has 1 aromatic carbocycles. The maximum absolute atomic E-state index is 13.9. The second kappa shape index (κ2) is 11.1. The number of halogens is 3. The van der Waals surface area contributed by atoms with E-state index in [1.165, 1.54) is 24.6 Å². The number of piperazine rings is 1. The molecule has 3 heterocycles. The van der Waals surface area contributed by atoms with E-state index < -0.39 is 0 Å². The molecule has 2 aliphatic rings. The molecule has 0 N–H and O–H groups in total. The number of nitrogens with zero attached hydrogens (tertiary/aromatic N) is 5. The highest BCUT2D eigenvalue weighted by Gasteiger charge is 2.22. The molecular weight excluding hydrogens is 412 g/mol. The van der Waals surface area contributed by atoms with Gasteiger partial charge in [-0.2, -0.15) is 0 Å². The summed E-state index contributed by atoms with van der Waals surface area (Å²) in [5.41, 5.74) is 3.08. The summed E-state index contributed by atoms with van der Waals surface area (Å²) >= 11 is 0. The number of rotatable bonds is 5. The van der Waals surface area contributed by atoms with E-state index in [9.17, 15) is 4.39 Å². The van der Waals surface area contributed by atoms with Crippen LogP contribution in [0.2, 0.25) is 0 Å². The molecular formula is C21H30Cl2FN5. The Morgan fingerprint density at radius 3 is 2.48 bits per heavy atom. The van der Waals surface area contributed by atoms with Crippen LogP contribution in [0.25, 0.3) is 0 Å². The van der Waals surface area contributed by atoms with Crippen LogP contribution in [0.3, 0.4) is 0 Å². The third-order valence-corrected chi connectivity index (χ3v) is 5.55. The first-order valence-electron chi connectivity index (χ1n) is 10.0. The average molecular weight is 442 g/mol. The minimum Gasteiger partial charge on any atom is -0.338 e. The molecule has 160 valence electrons. The van der Waals surface area contributed by atoms with Gasteiger partial charge in [0, 0.05) is 69.6 Å². The van der Waals surface area contributed by atoms with Gasteiger partial charge in [-0.1, -0.05) is 25.1 Å². The Morgan fingerprint density at radius 2 is 1.76 bits per heavy atom. The van der Waals surface area contributed by atoms with Gasteiger partial charge in [-0.05, 0) is 19.0 Å². The highest BCUT2D eigenvalue weighted by Crippen LogP contribution is 2.22. The highest BCUT2D eigenvalue weighted by atomic mass is 35.5. The summed E-state index contributed by atoms with van der Waals surface area (Å²) in [5, 5.41) is 0. The molecule has 0 unspecified atom stereocenters. The van der Waals surface area contributed by atoms with Gasteiger partial charge in [0.25, 0.3) is 0 Å². The quantitative estimate of drug-likeness (QED) is 0.708. The van der Waals surface area contributed by atoms with E-state index >= 15 is 0 Å². The molecule has 0 atom stereocenters. The SMILES string of the molecule is CCCN1CCN(c2ncc3c(n2)CCN(Cc2ccccc2F)C3)CC1.Cl.Cl. The molecule has 5 nitrogen and oxygen atoms in total. The molecule has 29 heavy (non-hydrogen) atoms. The topological polar surface area (TPSA) is 35.5 Å². The number of aromatic nitrogens is 2. The van der Waals surface area contributed by atoms with E-state index in [4.69, 9.17) is 4.98 Å². The normalized spacial score (nSPS) is 17.2. The first kappa shape index (κ1) is 23.8. The third kappa shape index (κ3) is 5.79. The second-order valence-electron chi connectivity index (χ2n) is 7.52. The molecule has 4 rings (SSSR count). The van der Waals surface area contributed by atoms with E-state index in [1.807, 2.05) is 18.3 Å². The Hall–Kier alpha value is -1.47. The van der Waals surface area contributed by atoms with Crippen LogP contribution >= 0.6 is 24.8 Å². The maximum atomic E-state index is 13.9.